The molecule has 6 nitrogen and oxygen atoms in total. The zero-order valence-corrected chi connectivity index (χ0v) is 13.8. The van der Waals surface area contributed by atoms with Crippen molar-refractivity contribution in [1.82, 2.24) is 14.8 Å². The first kappa shape index (κ1) is 16.7. The van der Waals surface area contributed by atoms with Crippen LogP contribution in [0.1, 0.15) is 19.4 Å². The Morgan fingerprint density at radius 2 is 2.09 bits per heavy atom. The zero-order chi connectivity index (χ0) is 16.1. The van der Waals surface area contributed by atoms with E-state index in [1.54, 1.807) is 13.3 Å². The average molecular weight is 307 g/mol. The summed E-state index contributed by atoms with van der Waals surface area (Å²) in [5.74, 6) is 0.741. The Balaban J connectivity index is 1.85. The molecule has 1 aliphatic rings. The number of likely N-dealkylation sites (N-methyl/N-ethyl adjacent to an activating group) is 1. The van der Waals surface area contributed by atoms with Gasteiger partial charge in [-0.2, -0.15) is 0 Å². The number of amides is 1. The van der Waals surface area contributed by atoms with Crippen LogP contribution in [0.5, 0.6) is 5.88 Å². The van der Waals surface area contributed by atoms with E-state index >= 15 is 0 Å². The first-order chi connectivity index (χ1) is 10.5. The maximum absolute atomic E-state index is 12.4. The number of rotatable bonds is 5. The van der Waals surface area contributed by atoms with Gasteiger partial charge in [-0.05, 0) is 26.5 Å². The topological polar surface area (TPSA) is 54.9 Å². The Labute approximate surface area is 132 Å². The molecule has 0 bridgehead atoms. The number of nitrogens with zero attached hydrogens (tertiary/aromatic N) is 3. The van der Waals surface area contributed by atoms with Crippen molar-refractivity contribution in [2.45, 2.75) is 32.6 Å². The normalized spacial score (nSPS) is 22.0. The highest BCUT2D eigenvalue weighted by atomic mass is 16.5. The fourth-order valence-electron chi connectivity index (χ4n) is 2.71. The third kappa shape index (κ3) is 4.68. The lowest BCUT2D eigenvalue weighted by Crippen LogP contribution is -2.50. The van der Waals surface area contributed by atoms with Gasteiger partial charge in [-0.25, -0.2) is 4.98 Å². The van der Waals surface area contributed by atoms with Crippen molar-refractivity contribution < 1.29 is 14.3 Å². The quantitative estimate of drug-likeness (QED) is 0.817. The number of carbonyl (C=O) groups is 1. The highest BCUT2D eigenvalue weighted by molar-refractivity contribution is 5.78. The van der Waals surface area contributed by atoms with Crippen LogP contribution in [0.2, 0.25) is 0 Å². The van der Waals surface area contributed by atoms with E-state index in [1.165, 1.54) is 0 Å². The molecule has 0 unspecified atom stereocenters. The minimum Gasteiger partial charge on any atom is -0.481 e. The Morgan fingerprint density at radius 3 is 2.64 bits per heavy atom. The maximum atomic E-state index is 12.4. The third-order valence-electron chi connectivity index (χ3n) is 3.64. The SMILES string of the molecule is COc1ccc(CN(C)CC(=O)N2C[C@@H](C)O[C@@H](C)C2)cn1. The molecule has 2 heterocycles. The molecule has 0 radical (unpaired) electrons. The summed E-state index contributed by atoms with van der Waals surface area (Å²) in [5, 5.41) is 0. The van der Waals surface area contributed by atoms with Gasteiger partial charge in [-0.3, -0.25) is 9.69 Å². The van der Waals surface area contributed by atoms with E-state index in [-0.39, 0.29) is 18.1 Å². The molecular weight excluding hydrogens is 282 g/mol. The van der Waals surface area contributed by atoms with E-state index in [1.807, 2.05) is 42.8 Å². The molecule has 22 heavy (non-hydrogen) atoms. The van der Waals surface area contributed by atoms with Crippen LogP contribution < -0.4 is 4.74 Å². The van der Waals surface area contributed by atoms with Gasteiger partial charge in [0.05, 0.1) is 25.9 Å². The second-order valence-electron chi connectivity index (χ2n) is 5.94. The summed E-state index contributed by atoms with van der Waals surface area (Å²) in [6.07, 6.45) is 1.98. The number of ether oxygens (including phenoxy) is 2. The van der Waals surface area contributed by atoms with Crippen molar-refractivity contribution in [2.75, 3.05) is 33.8 Å². The second kappa shape index (κ2) is 7.56. The number of methoxy groups -OCH3 is 1. The molecule has 6 heteroatoms. The first-order valence-electron chi connectivity index (χ1n) is 7.58. The lowest BCUT2D eigenvalue weighted by atomic mass is 10.2. The van der Waals surface area contributed by atoms with Crippen LogP contribution >= 0.6 is 0 Å². The molecule has 1 amide bonds. The number of hydrogen-bond acceptors (Lipinski definition) is 5. The van der Waals surface area contributed by atoms with E-state index < -0.39 is 0 Å². The predicted octanol–water partition coefficient (Wildman–Crippen LogP) is 1.16. The number of aromatic nitrogens is 1. The molecule has 0 N–H and O–H groups in total. The Bertz CT molecular complexity index is 482. The van der Waals surface area contributed by atoms with Crippen LogP contribution in [0.25, 0.3) is 0 Å². The fourth-order valence-corrected chi connectivity index (χ4v) is 2.71. The molecule has 1 fully saturated rings. The second-order valence-corrected chi connectivity index (χ2v) is 5.94. The van der Waals surface area contributed by atoms with E-state index in [0.29, 0.717) is 32.1 Å². The minimum absolute atomic E-state index is 0.101. The van der Waals surface area contributed by atoms with Crippen LogP contribution in [0.3, 0.4) is 0 Å². The van der Waals surface area contributed by atoms with Gasteiger partial charge in [0.1, 0.15) is 0 Å². The molecule has 0 aromatic carbocycles. The van der Waals surface area contributed by atoms with Crippen LogP contribution in [0.15, 0.2) is 18.3 Å². The molecule has 1 aliphatic heterocycles. The summed E-state index contributed by atoms with van der Waals surface area (Å²) in [7, 11) is 3.53. The smallest absolute Gasteiger partial charge is 0.236 e. The van der Waals surface area contributed by atoms with Crippen LogP contribution in [-0.2, 0) is 16.1 Å². The molecule has 0 spiro atoms. The lowest BCUT2D eigenvalue weighted by molar-refractivity contribution is -0.144. The third-order valence-corrected chi connectivity index (χ3v) is 3.64. The highest BCUT2D eigenvalue weighted by Crippen LogP contribution is 2.12. The highest BCUT2D eigenvalue weighted by Gasteiger charge is 2.26. The lowest BCUT2D eigenvalue weighted by Gasteiger charge is -2.36. The van der Waals surface area contributed by atoms with Crippen LogP contribution in [0.4, 0.5) is 0 Å². The molecule has 0 saturated carbocycles. The fraction of sp³-hybridized carbons (Fsp3) is 0.625. The first-order valence-corrected chi connectivity index (χ1v) is 7.58. The summed E-state index contributed by atoms with van der Waals surface area (Å²) < 4.78 is 10.7. The maximum Gasteiger partial charge on any atom is 0.236 e. The standard InChI is InChI=1S/C16H25N3O3/c1-12-8-19(9-13(2)22-12)16(20)11-18(3)10-14-5-6-15(21-4)17-7-14/h5-7,12-13H,8-11H2,1-4H3/t12-,13+. The largest absolute Gasteiger partial charge is 0.481 e. The Hall–Kier alpha value is -1.66. The van der Waals surface area contributed by atoms with E-state index in [2.05, 4.69) is 4.98 Å². The predicted molar refractivity (Wildman–Crippen MR) is 83.7 cm³/mol. The number of carbonyl (C=O) groups excluding carboxylic acids is 1. The zero-order valence-electron chi connectivity index (χ0n) is 13.8. The van der Waals surface area contributed by atoms with Gasteiger partial charge in [-0.15, -0.1) is 0 Å². The summed E-state index contributed by atoms with van der Waals surface area (Å²) in [5.41, 5.74) is 1.06. The molecule has 1 aromatic rings. The summed E-state index contributed by atoms with van der Waals surface area (Å²) in [4.78, 5) is 20.4. The number of hydrogen-bond donors (Lipinski definition) is 0. The molecule has 0 aliphatic carbocycles. The van der Waals surface area contributed by atoms with Gasteiger partial charge in [0.15, 0.2) is 0 Å². The summed E-state index contributed by atoms with van der Waals surface area (Å²) >= 11 is 0. The van der Waals surface area contributed by atoms with E-state index in [4.69, 9.17) is 9.47 Å². The van der Waals surface area contributed by atoms with Crippen molar-refractivity contribution in [3.05, 3.63) is 23.9 Å². The average Bonchev–Trinajstić information content (AvgIpc) is 2.47. The minimum atomic E-state index is 0.101. The molecule has 1 aromatic heterocycles. The van der Waals surface area contributed by atoms with Crippen molar-refractivity contribution in [3.63, 3.8) is 0 Å². The molecule has 2 rings (SSSR count). The monoisotopic (exact) mass is 307 g/mol. The van der Waals surface area contributed by atoms with Crippen molar-refractivity contribution in [2.24, 2.45) is 0 Å². The molecule has 1 saturated heterocycles. The van der Waals surface area contributed by atoms with Gasteiger partial charge in [-0.1, -0.05) is 6.07 Å². The van der Waals surface area contributed by atoms with E-state index in [0.717, 1.165) is 5.56 Å². The van der Waals surface area contributed by atoms with Gasteiger partial charge in [0.2, 0.25) is 11.8 Å². The summed E-state index contributed by atoms with van der Waals surface area (Å²) in [6, 6.07) is 3.79. The molecule has 122 valence electrons. The Morgan fingerprint density at radius 1 is 1.41 bits per heavy atom. The van der Waals surface area contributed by atoms with Crippen LogP contribution in [0, 0.1) is 0 Å². The summed E-state index contributed by atoms with van der Waals surface area (Å²) in [6.45, 7) is 6.41. The van der Waals surface area contributed by atoms with E-state index in [9.17, 15) is 4.79 Å². The van der Waals surface area contributed by atoms with Gasteiger partial charge in [0.25, 0.3) is 0 Å². The number of pyridine rings is 1. The van der Waals surface area contributed by atoms with Crippen LogP contribution in [-0.4, -0.2) is 66.7 Å². The van der Waals surface area contributed by atoms with Crippen molar-refractivity contribution in [1.29, 1.82) is 0 Å². The van der Waals surface area contributed by atoms with Crippen molar-refractivity contribution in [3.8, 4) is 5.88 Å². The van der Waals surface area contributed by atoms with Gasteiger partial charge >= 0.3 is 0 Å². The van der Waals surface area contributed by atoms with Gasteiger partial charge < -0.3 is 14.4 Å². The number of morpholine rings is 1. The van der Waals surface area contributed by atoms with Gasteiger partial charge in [0, 0.05) is 31.9 Å². The molecule has 2 atom stereocenters. The molecular formula is C16H25N3O3. The van der Waals surface area contributed by atoms with Crippen molar-refractivity contribution >= 4 is 5.91 Å². The Kier molecular flexibility index (Phi) is 5.74.